The van der Waals surface area contributed by atoms with Crippen LogP contribution in [0.3, 0.4) is 0 Å². The van der Waals surface area contributed by atoms with Crippen molar-refractivity contribution in [3.05, 3.63) is 24.0 Å². The lowest BCUT2D eigenvalue weighted by molar-refractivity contribution is -0.00412. The molecule has 0 unspecified atom stereocenters. The molecule has 1 fully saturated rings. The average Bonchev–Trinajstić information content (AvgIpc) is 2.96. The smallest absolute Gasteiger partial charge is 0.157 e. The van der Waals surface area contributed by atoms with Gasteiger partial charge >= 0.3 is 0 Å². The summed E-state index contributed by atoms with van der Waals surface area (Å²) in [6.45, 7) is 4.50. The first-order chi connectivity index (χ1) is 10.1. The number of aliphatic hydroxyl groups is 1. The minimum absolute atomic E-state index is 0.545. The minimum Gasteiger partial charge on any atom is -0.388 e. The molecule has 0 aliphatic carbocycles. The Hall–Kier alpha value is -1.66. The van der Waals surface area contributed by atoms with Gasteiger partial charge in [-0.05, 0) is 26.3 Å². The topological polar surface area (TPSA) is 65.7 Å². The summed E-state index contributed by atoms with van der Waals surface area (Å²) < 4.78 is 1.79. The van der Waals surface area contributed by atoms with Crippen molar-refractivity contribution in [2.24, 2.45) is 0 Å². The second-order valence-electron chi connectivity index (χ2n) is 5.97. The Kier molecular flexibility index (Phi) is 3.82. The van der Waals surface area contributed by atoms with Crippen molar-refractivity contribution in [1.82, 2.24) is 19.5 Å². The number of likely N-dealkylation sites (tertiary alicyclic amines) is 1. The second kappa shape index (κ2) is 5.61. The van der Waals surface area contributed by atoms with Crippen LogP contribution in [0.5, 0.6) is 0 Å². The van der Waals surface area contributed by atoms with Gasteiger partial charge in [-0.1, -0.05) is 6.92 Å². The zero-order valence-electron chi connectivity index (χ0n) is 12.7. The molecule has 0 saturated carbocycles. The molecule has 2 aromatic heterocycles. The highest BCUT2D eigenvalue weighted by Gasteiger charge is 2.31. The fraction of sp³-hybridized carbons (Fsp3) is 0.600. The molecule has 1 aliphatic heterocycles. The second-order valence-corrected chi connectivity index (χ2v) is 5.97. The van der Waals surface area contributed by atoms with Gasteiger partial charge in [-0.3, -0.25) is 0 Å². The van der Waals surface area contributed by atoms with E-state index in [-0.39, 0.29) is 0 Å². The van der Waals surface area contributed by atoms with Crippen molar-refractivity contribution in [2.45, 2.75) is 31.8 Å². The first-order valence-corrected chi connectivity index (χ1v) is 7.58. The third kappa shape index (κ3) is 3.01. The first kappa shape index (κ1) is 14.3. The van der Waals surface area contributed by atoms with Crippen LogP contribution in [-0.4, -0.2) is 56.9 Å². The largest absolute Gasteiger partial charge is 0.388 e. The van der Waals surface area contributed by atoms with Gasteiger partial charge in [0.2, 0.25) is 0 Å². The summed E-state index contributed by atoms with van der Waals surface area (Å²) in [5, 5.41) is 18.3. The van der Waals surface area contributed by atoms with E-state index in [2.05, 4.69) is 34.3 Å². The van der Waals surface area contributed by atoms with E-state index >= 15 is 0 Å². The molecule has 0 aromatic carbocycles. The molecule has 3 heterocycles. The number of hydrogen-bond donors (Lipinski definition) is 2. The number of fused-ring (bicyclic) bond motifs is 1. The number of nitrogens with one attached hydrogen (secondary N) is 1. The van der Waals surface area contributed by atoms with E-state index in [0.717, 1.165) is 49.5 Å². The van der Waals surface area contributed by atoms with Crippen LogP contribution in [0.2, 0.25) is 0 Å². The Labute approximate surface area is 124 Å². The molecule has 1 saturated heterocycles. The molecule has 0 radical (unpaired) electrons. The first-order valence-electron chi connectivity index (χ1n) is 7.58. The van der Waals surface area contributed by atoms with Gasteiger partial charge in [-0.15, -0.1) is 0 Å². The van der Waals surface area contributed by atoms with E-state index in [1.807, 2.05) is 12.1 Å². The monoisotopic (exact) mass is 289 g/mol. The van der Waals surface area contributed by atoms with Gasteiger partial charge in [0.15, 0.2) is 5.65 Å². The predicted octanol–water partition coefficient (Wildman–Crippen LogP) is 1.16. The van der Waals surface area contributed by atoms with Crippen molar-refractivity contribution in [2.75, 3.05) is 32.0 Å². The van der Waals surface area contributed by atoms with E-state index in [1.54, 1.807) is 10.7 Å². The molecule has 3 rings (SSSR count). The fourth-order valence-corrected chi connectivity index (χ4v) is 2.74. The standard InChI is InChI=1S/C15H23N5O/c1-3-12-10-14(20-13(18-12)4-7-17-20)16-11-15(21)5-8-19(2)9-6-15/h4,7,10,16,21H,3,5-6,8-9,11H2,1-2H3. The summed E-state index contributed by atoms with van der Waals surface area (Å²) >= 11 is 0. The highest BCUT2D eigenvalue weighted by molar-refractivity contribution is 5.49. The third-order valence-electron chi connectivity index (χ3n) is 4.29. The maximum atomic E-state index is 10.7. The van der Waals surface area contributed by atoms with Crippen LogP contribution in [0.15, 0.2) is 18.3 Å². The minimum atomic E-state index is -0.637. The SMILES string of the molecule is CCc1cc(NCC2(O)CCN(C)CC2)n2nccc2n1. The summed E-state index contributed by atoms with van der Waals surface area (Å²) in [5.74, 6) is 0.897. The average molecular weight is 289 g/mol. The molecule has 6 nitrogen and oxygen atoms in total. The van der Waals surface area contributed by atoms with E-state index in [1.165, 1.54) is 0 Å². The van der Waals surface area contributed by atoms with Crippen LogP contribution in [0.25, 0.3) is 5.65 Å². The molecular weight excluding hydrogens is 266 g/mol. The molecule has 2 aromatic rings. The Morgan fingerprint density at radius 2 is 2.14 bits per heavy atom. The Bertz CT molecular complexity index is 616. The molecule has 6 heteroatoms. The summed E-state index contributed by atoms with van der Waals surface area (Å²) in [6.07, 6.45) is 4.22. The van der Waals surface area contributed by atoms with E-state index in [4.69, 9.17) is 0 Å². The molecule has 1 aliphatic rings. The van der Waals surface area contributed by atoms with Gasteiger partial charge in [0.25, 0.3) is 0 Å². The maximum absolute atomic E-state index is 10.7. The van der Waals surface area contributed by atoms with Crippen LogP contribution in [0.1, 0.15) is 25.5 Å². The van der Waals surface area contributed by atoms with Crippen LogP contribution < -0.4 is 5.32 Å². The summed E-state index contributed by atoms with van der Waals surface area (Å²) in [5.41, 5.74) is 1.23. The lowest BCUT2D eigenvalue weighted by Crippen LogP contribution is -2.47. The zero-order chi connectivity index (χ0) is 14.9. The third-order valence-corrected chi connectivity index (χ3v) is 4.29. The number of anilines is 1. The van der Waals surface area contributed by atoms with E-state index in [9.17, 15) is 5.11 Å². The molecule has 0 bridgehead atoms. The van der Waals surface area contributed by atoms with Gasteiger partial charge in [0, 0.05) is 37.5 Å². The lowest BCUT2D eigenvalue weighted by atomic mass is 9.91. The number of aromatic nitrogens is 3. The highest BCUT2D eigenvalue weighted by Crippen LogP contribution is 2.22. The van der Waals surface area contributed by atoms with Crippen molar-refractivity contribution >= 4 is 11.5 Å². The Balaban J connectivity index is 1.77. The molecule has 0 spiro atoms. The Morgan fingerprint density at radius 3 is 2.86 bits per heavy atom. The van der Waals surface area contributed by atoms with Crippen LogP contribution in [-0.2, 0) is 6.42 Å². The van der Waals surface area contributed by atoms with Crippen molar-refractivity contribution in [1.29, 1.82) is 0 Å². The van der Waals surface area contributed by atoms with Gasteiger partial charge in [0.05, 0.1) is 11.8 Å². The van der Waals surface area contributed by atoms with Crippen LogP contribution >= 0.6 is 0 Å². The quantitative estimate of drug-likeness (QED) is 0.884. The molecule has 21 heavy (non-hydrogen) atoms. The summed E-state index contributed by atoms with van der Waals surface area (Å²) in [6, 6.07) is 3.91. The number of piperidine rings is 1. The number of nitrogens with zero attached hydrogens (tertiary/aromatic N) is 4. The van der Waals surface area contributed by atoms with Crippen molar-refractivity contribution < 1.29 is 5.11 Å². The van der Waals surface area contributed by atoms with Gasteiger partial charge in [0.1, 0.15) is 5.82 Å². The number of hydrogen-bond acceptors (Lipinski definition) is 5. The highest BCUT2D eigenvalue weighted by atomic mass is 16.3. The molecule has 0 atom stereocenters. The van der Waals surface area contributed by atoms with Crippen LogP contribution in [0.4, 0.5) is 5.82 Å². The number of aryl methyl sites for hydroxylation is 1. The molecule has 2 N–H and O–H groups in total. The molecular formula is C15H23N5O. The normalized spacial score (nSPS) is 19.0. The summed E-state index contributed by atoms with van der Waals surface area (Å²) in [7, 11) is 2.09. The van der Waals surface area contributed by atoms with Gasteiger partial charge in [-0.2, -0.15) is 9.61 Å². The molecule has 114 valence electrons. The Morgan fingerprint density at radius 1 is 1.38 bits per heavy atom. The zero-order valence-corrected chi connectivity index (χ0v) is 12.7. The lowest BCUT2D eigenvalue weighted by Gasteiger charge is -2.36. The van der Waals surface area contributed by atoms with Crippen LogP contribution in [0, 0.1) is 0 Å². The van der Waals surface area contributed by atoms with Crippen molar-refractivity contribution in [3.8, 4) is 0 Å². The number of rotatable bonds is 4. The van der Waals surface area contributed by atoms with Gasteiger partial charge < -0.3 is 15.3 Å². The van der Waals surface area contributed by atoms with Crippen molar-refractivity contribution in [3.63, 3.8) is 0 Å². The van der Waals surface area contributed by atoms with E-state index in [0.29, 0.717) is 6.54 Å². The fourth-order valence-electron chi connectivity index (χ4n) is 2.74. The molecule has 0 amide bonds. The van der Waals surface area contributed by atoms with E-state index < -0.39 is 5.60 Å². The maximum Gasteiger partial charge on any atom is 0.157 e. The van der Waals surface area contributed by atoms with Gasteiger partial charge in [-0.25, -0.2) is 4.98 Å². The predicted molar refractivity (Wildman–Crippen MR) is 82.5 cm³/mol. The summed E-state index contributed by atoms with van der Waals surface area (Å²) in [4.78, 5) is 6.78.